The molecule has 1 amide bonds. The number of nitrogens with zero attached hydrogens (tertiary/aromatic N) is 3. The summed E-state index contributed by atoms with van der Waals surface area (Å²) in [4.78, 5) is 16.9. The molecule has 0 aliphatic carbocycles. The summed E-state index contributed by atoms with van der Waals surface area (Å²) in [7, 11) is -2.91. The Morgan fingerprint density at radius 2 is 1.77 bits per heavy atom. The fraction of sp³-hybridized carbons (Fsp3) is 0.0952. The Balaban J connectivity index is 2.18. The smallest absolute Gasteiger partial charge is 0.258 e. The number of halogens is 1. The number of amides is 1. The van der Waals surface area contributed by atoms with Gasteiger partial charge in [-0.25, -0.2) is 23.1 Å². The summed E-state index contributed by atoms with van der Waals surface area (Å²) in [5, 5.41) is 11.9. The fourth-order valence-electron chi connectivity index (χ4n) is 3.35. The van der Waals surface area contributed by atoms with E-state index in [1.165, 1.54) is 11.6 Å². The van der Waals surface area contributed by atoms with Crippen LogP contribution in [0.3, 0.4) is 0 Å². The second-order valence-electron chi connectivity index (χ2n) is 6.91. The molecular weight excluding hydrogens is 438 g/mol. The maximum absolute atomic E-state index is 12.5. The number of benzene rings is 2. The molecule has 0 spiro atoms. The van der Waals surface area contributed by atoms with Crippen LogP contribution in [0, 0.1) is 6.92 Å². The van der Waals surface area contributed by atoms with Crippen LogP contribution in [0.1, 0.15) is 15.9 Å². The second-order valence-corrected chi connectivity index (χ2v) is 8.79. The summed E-state index contributed by atoms with van der Waals surface area (Å²) in [6.45, 7) is 1.96. The lowest BCUT2D eigenvalue weighted by Gasteiger charge is -2.13. The molecule has 4 rings (SSSR count). The van der Waals surface area contributed by atoms with Gasteiger partial charge in [0.15, 0.2) is 5.65 Å². The van der Waals surface area contributed by atoms with Crippen LogP contribution in [0.15, 0.2) is 59.8 Å². The van der Waals surface area contributed by atoms with E-state index in [0.717, 1.165) is 11.1 Å². The number of fused-ring (bicyclic) bond motifs is 1. The summed E-state index contributed by atoms with van der Waals surface area (Å²) >= 11 is 6.44. The van der Waals surface area contributed by atoms with Crippen molar-refractivity contribution in [3.8, 4) is 22.4 Å². The topological polar surface area (TPSA) is 119 Å². The van der Waals surface area contributed by atoms with Gasteiger partial charge in [-0.1, -0.05) is 59.6 Å². The molecule has 3 N–H and O–H groups in total. The highest BCUT2D eigenvalue weighted by Crippen LogP contribution is 2.37. The first kappa shape index (κ1) is 21.0. The van der Waals surface area contributed by atoms with Crippen molar-refractivity contribution in [2.24, 2.45) is 5.14 Å². The van der Waals surface area contributed by atoms with E-state index >= 15 is 0 Å². The third-order valence-electron chi connectivity index (χ3n) is 4.82. The minimum atomic E-state index is -4.30. The van der Waals surface area contributed by atoms with Gasteiger partial charge in [-0.3, -0.25) is 4.79 Å². The maximum Gasteiger partial charge on any atom is 0.258 e. The van der Waals surface area contributed by atoms with Gasteiger partial charge in [-0.05, 0) is 13.0 Å². The fourth-order valence-corrected chi connectivity index (χ4v) is 4.26. The predicted molar refractivity (Wildman–Crippen MR) is 118 cm³/mol. The first-order valence-corrected chi connectivity index (χ1v) is 11.1. The molecule has 10 heteroatoms. The quantitative estimate of drug-likeness (QED) is 0.490. The zero-order valence-electron chi connectivity index (χ0n) is 16.6. The molecule has 0 fully saturated rings. The average Bonchev–Trinajstić information content (AvgIpc) is 3.14. The van der Waals surface area contributed by atoms with E-state index in [2.05, 4.69) is 15.4 Å². The first-order chi connectivity index (χ1) is 14.7. The van der Waals surface area contributed by atoms with Gasteiger partial charge >= 0.3 is 0 Å². The SMILES string of the molecule is CNC(=O)c1c(S(N)(=O)=O)nn2c(-c3ccc(C)cc3)c(-c3ccccc3Cl)cnc12. The van der Waals surface area contributed by atoms with E-state index in [-0.39, 0.29) is 11.2 Å². The Bertz CT molecular complexity index is 1430. The molecule has 158 valence electrons. The van der Waals surface area contributed by atoms with Crippen LogP contribution in [-0.2, 0) is 10.0 Å². The molecule has 0 saturated heterocycles. The Hall–Kier alpha value is -3.27. The molecule has 0 unspecified atom stereocenters. The monoisotopic (exact) mass is 455 g/mol. The number of carbonyl (C=O) groups is 1. The van der Waals surface area contributed by atoms with Gasteiger partial charge in [0.2, 0.25) is 5.03 Å². The molecule has 0 aliphatic rings. The molecule has 8 nitrogen and oxygen atoms in total. The van der Waals surface area contributed by atoms with E-state index in [0.29, 0.717) is 21.8 Å². The number of hydrogen-bond acceptors (Lipinski definition) is 5. The van der Waals surface area contributed by atoms with E-state index in [1.54, 1.807) is 18.3 Å². The average molecular weight is 456 g/mol. The summed E-state index contributed by atoms with van der Waals surface area (Å²) in [5.41, 5.74) is 3.46. The van der Waals surface area contributed by atoms with Gasteiger partial charge in [0, 0.05) is 35.0 Å². The van der Waals surface area contributed by atoms with E-state index in [4.69, 9.17) is 16.7 Å². The highest BCUT2D eigenvalue weighted by Gasteiger charge is 2.29. The Kier molecular flexibility index (Phi) is 5.26. The van der Waals surface area contributed by atoms with Crippen LogP contribution in [0.5, 0.6) is 0 Å². The minimum absolute atomic E-state index is 0.0646. The van der Waals surface area contributed by atoms with Gasteiger partial charge in [-0.15, -0.1) is 0 Å². The lowest BCUT2D eigenvalue weighted by Crippen LogP contribution is -2.23. The number of nitrogens with two attached hydrogens (primary N) is 1. The Morgan fingerprint density at radius 1 is 1.10 bits per heavy atom. The molecule has 2 aromatic heterocycles. The molecule has 2 aromatic carbocycles. The Morgan fingerprint density at radius 3 is 2.39 bits per heavy atom. The summed E-state index contributed by atoms with van der Waals surface area (Å²) < 4.78 is 25.8. The largest absolute Gasteiger partial charge is 0.355 e. The summed E-state index contributed by atoms with van der Waals surface area (Å²) in [5.74, 6) is -0.660. The third kappa shape index (κ3) is 3.67. The number of carbonyl (C=O) groups excluding carboxylic acids is 1. The van der Waals surface area contributed by atoms with Crippen molar-refractivity contribution >= 4 is 33.2 Å². The maximum atomic E-state index is 12.5. The van der Waals surface area contributed by atoms with Crippen LogP contribution < -0.4 is 10.5 Å². The normalized spacial score (nSPS) is 11.6. The lowest BCUT2D eigenvalue weighted by molar-refractivity contribution is 0.0961. The molecule has 2 heterocycles. The number of hydrogen-bond donors (Lipinski definition) is 2. The molecule has 0 radical (unpaired) electrons. The first-order valence-electron chi connectivity index (χ1n) is 9.21. The summed E-state index contributed by atoms with van der Waals surface area (Å²) in [6.07, 6.45) is 1.55. The van der Waals surface area contributed by atoms with Crippen molar-refractivity contribution in [2.75, 3.05) is 7.05 Å². The number of aryl methyl sites for hydroxylation is 1. The third-order valence-corrected chi connectivity index (χ3v) is 5.98. The molecule has 0 bridgehead atoms. The predicted octanol–water partition coefficient (Wildman–Crippen LogP) is 3.03. The van der Waals surface area contributed by atoms with Crippen LogP contribution in [-0.4, -0.2) is 36.0 Å². The van der Waals surface area contributed by atoms with Crippen molar-refractivity contribution in [3.05, 3.63) is 70.9 Å². The highest BCUT2D eigenvalue weighted by molar-refractivity contribution is 7.89. The lowest BCUT2D eigenvalue weighted by atomic mass is 10.00. The molecule has 0 atom stereocenters. The van der Waals surface area contributed by atoms with Crippen LogP contribution in [0.2, 0.25) is 5.02 Å². The highest BCUT2D eigenvalue weighted by atomic mass is 35.5. The molecular formula is C21H18ClN5O3S. The summed E-state index contributed by atoms with van der Waals surface area (Å²) in [6, 6.07) is 14.8. The number of rotatable bonds is 4. The number of primary sulfonamides is 1. The van der Waals surface area contributed by atoms with Gasteiger partial charge in [-0.2, -0.15) is 5.10 Å². The van der Waals surface area contributed by atoms with E-state index in [1.807, 2.05) is 43.3 Å². The van der Waals surface area contributed by atoms with Crippen LogP contribution >= 0.6 is 11.6 Å². The van der Waals surface area contributed by atoms with Crippen molar-refractivity contribution in [1.29, 1.82) is 0 Å². The zero-order valence-corrected chi connectivity index (χ0v) is 18.2. The number of sulfonamides is 1. The molecule has 0 aliphatic heterocycles. The Labute approximate surface area is 183 Å². The number of aromatic nitrogens is 3. The van der Waals surface area contributed by atoms with Gasteiger partial charge in [0.05, 0.1) is 5.69 Å². The van der Waals surface area contributed by atoms with E-state index < -0.39 is 21.0 Å². The molecule has 0 saturated carbocycles. The minimum Gasteiger partial charge on any atom is -0.355 e. The number of nitrogens with one attached hydrogen (secondary N) is 1. The second kappa shape index (κ2) is 7.77. The molecule has 31 heavy (non-hydrogen) atoms. The van der Waals surface area contributed by atoms with Gasteiger partial charge in [0.25, 0.3) is 15.9 Å². The van der Waals surface area contributed by atoms with Gasteiger partial charge in [0.1, 0.15) is 5.56 Å². The van der Waals surface area contributed by atoms with E-state index in [9.17, 15) is 13.2 Å². The van der Waals surface area contributed by atoms with Crippen LogP contribution in [0.4, 0.5) is 0 Å². The van der Waals surface area contributed by atoms with Crippen molar-refractivity contribution in [1.82, 2.24) is 19.9 Å². The van der Waals surface area contributed by atoms with Gasteiger partial charge < -0.3 is 5.32 Å². The van der Waals surface area contributed by atoms with Crippen molar-refractivity contribution in [2.45, 2.75) is 11.9 Å². The zero-order chi connectivity index (χ0) is 22.3. The van der Waals surface area contributed by atoms with Crippen molar-refractivity contribution in [3.63, 3.8) is 0 Å². The standard InChI is InChI=1S/C21H18ClN5O3S/c1-12-7-9-13(10-8-12)18-15(14-5-3-4-6-16(14)22)11-25-19-17(20(28)24-2)21(26-27(18)19)31(23,29)30/h3-11H,1-2H3,(H,24,28)(H2,23,29,30). The molecule has 4 aromatic rings. The van der Waals surface area contributed by atoms with Crippen molar-refractivity contribution < 1.29 is 13.2 Å². The van der Waals surface area contributed by atoms with Crippen LogP contribution in [0.25, 0.3) is 28.0 Å².